The van der Waals surface area contributed by atoms with E-state index in [1.807, 2.05) is 11.8 Å². The van der Waals surface area contributed by atoms with E-state index in [-0.39, 0.29) is 10.6 Å². The van der Waals surface area contributed by atoms with E-state index in [4.69, 9.17) is 11.6 Å². The number of nitrogens with one attached hydrogen (secondary N) is 2. The number of thioether (sulfide) groups is 1. The number of aromatic amines is 1. The molecule has 0 bridgehead atoms. The molecule has 6 heteroatoms. The second-order valence-corrected chi connectivity index (χ2v) is 5.03. The third-order valence-corrected chi connectivity index (χ3v) is 3.96. The van der Waals surface area contributed by atoms with E-state index in [0.29, 0.717) is 11.7 Å². The summed E-state index contributed by atoms with van der Waals surface area (Å²) in [7, 11) is 0. The Morgan fingerprint density at radius 3 is 3.33 bits per heavy atom. The van der Waals surface area contributed by atoms with Crippen molar-refractivity contribution in [3.63, 3.8) is 0 Å². The normalized spacial score (nSPS) is 20.5. The quantitative estimate of drug-likeness (QED) is 0.849. The van der Waals surface area contributed by atoms with Gasteiger partial charge in [-0.1, -0.05) is 11.6 Å². The lowest BCUT2D eigenvalue weighted by atomic mass is 10.1. The zero-order chi connectivity index (χ0) is 10.7. The Labute approximate surface area is 96.8 Å². The average Bonchev–Trinajstić information content (AvgIpc) is 2.73. The van der Waals surface area contributed by atoms with E-state index in [1.165, 1.54) is 24.3 Å². The van der Waals surface area contributed by atoms with Crippen LogP contribution < -0.4 is 10.9 Å². The lowest BCUT2D eigenvalue weighted by molar-refractivity contribution is 0.630. The van der Waals surface area contributed by atoms with Crippen LogP contribution in [0.25, 0.3) is 0 Å². The van der Waals surface area contributed by atoms with Gasteiger partial charge in [0.05, 0.1) is 6.33 Å². The third-order valence-electron chi connectivity index (χ3n) is 2.38. The monoisotopic (exact) mass is 245 g/mol. The maximum absolute atomic E-state index is 11.2. The van der Waals surface area contributed by atoms with E-state index in [0.717, 1.165) is 6.54 Å². The number of rotatable bonds is 3. The van der Waals surface area contributed by atoms with Crippen molar-refractivity contribution < 1.29 is 0 Å². The van der Waals surface area contributed by atoms with Crippen molar-refractivity contribution in [3.8, 4) is 0 Å². The van der Waals surface area contributed by atoms with Crippen LogP contribution in [-0.2, 0) is 0 Å². The van der Waals surface area contributed by atoms with Crippen molar-refractivity contribution in [1.29, 1.82) is 0 Å². The molecule has 0 aliphatic carbocycles. The van der Waals surface area contributed by atoms with E-state index in [9.17, 15) is 4.79 Å². The molecule has 0 radical (unpaired) electrons. The summed E-state index contributed by atoms with van der Waals surface area (Å²) in [6.07, 6.45) is 2.58. The molecule has 1 aromatic rings. The van der Waals surface area contributed by atoms with E-state index >= 15 is 0 Å². The molecule has 1 saturated heterocycles. The van der Waals surface area contributed by atoms with E-state index < -0.39 is 0 Å². The zero-order valence-corrected chi connectivity index (χ0v) is 9.70. The standard InChI is InChI=1S/C9H12ClN3OS/c10-7-8(12-5-13-9(7)14)11-3-6-1-2-15-4-6/h5-6H,1-4H2,(H2,11,12,13,14). The molecule has 0 spiro atoms. The lowest BCUT2D eigenvalue weighted by Crippen LogP contribution is -2.17. The first-order valence-corrected chi connectivity index (χ1v) is 6.35. The third kappa shape index (κ3) is 2.66. The van der Waals surface area contributed by atoms with Gasteiger partial charge in [0.1, 0.15) is 5.02 Å². The number of H-pyrrole nitrogens is 1. The molecule has 0 saturated carbocycles. The molecule has 2 rings (SSSR count). The molecular formula is C9H12ClN3OS. The first-order chi connectivity index (χ1) is 7.27. The summed E-state index contributed by atoms with van der Waals surface area (Å²) in [6, 6.07) is 0. The zero-order valence-electron chi connectivity index (χ0n) is 8.12. The molecular weight excluding hydrogens is 234 g/mol. The van der Waals surface area contributed by atoms with Crippen molar-refractivity contribution in [2.75, 3.05) is 23.4 Å². The van der Waals surface area contributed by atoms with Gasteiger partial charge in [-0.15, -0.1) is 0 Å². The lowest BCUT2D eigenvalue weighted by Gasteiger charge is -2.10. The van der Waals surface area contributed by atoms with E-state index in [2.05, 4.69) is 15.3 Å². The second-order valence-electron chi connectivity index (χ2n) is 3.50. The van der Waals surface area contributed by atoms with Gasteiger partial charge < -0.3 is 10.3 Å². The van der Waals surface area contributed by atoms with Crippen molar-refractivity contribution in [2.45, 2.75) is 6.42 Å². The van der Waals surface area contributed by atoms with Crippen LogP contribution in [0, 0.1) is 5.92 Å². The van der Waals surface area contributed by atoms with Gasteiger partial charge in [0, 0.05) is 6.54 Å². The number of nitrogens with zero attached hydrogens (tertiary/aromatic N) is 1. The number of hydrogen-bond donors (Lipinski definition) is 2. The SMILES string of the molecule is O=c1[nH]cnc(NCC2CCSC2)c1Cl. The largest absolute Gasteiger partial charge is 0.368 e. The van der Waals surface area contributed by atoms with Gasteiger partial charge in [0.15, 0.2) is 5.82 Å². The molecule has 1 aromatic heterocycles. The Morgan fingerprint density at radius 2 is 2.60 bits per heavy atom. The summed E-state index contributed by atoms with van der Waals surface area (Å²) in [5.74, 6) is 3.54. The van der Waals surface area contributed by atoms with Crippen LogP contribution in [-0.4, -0.2) is 28.0 Å². The summed E-state index contributed by atoms with van der Waals surface area (Å²) >= 11 is 7.77. The van der Waals surface area contributed by atoms with E-state index in [1.54, 1.807) is 0 Å². The minimum absolute atomic E-state index is 0.142. The molecule has 1 atom stereocenters. The topological polar surface area (TPSA) is 57.8 Å². The van der Waals surface area contributed by atoms with Crippen LogP contribution in [0.4, 0.5) is 5.82 Å². The van der Waals surface area contributed by atoms with Crippen LogP contribution in [0.15, 0.2) is 11.1 Å². The number of hydrogen-bond acceptors (Lipinski definition) is 4. The van der Waals surface area contributed by atoms with Crippen molar-refractivity contribution in [3.05, 3.63) is 21.7 Å². The van der Waals surface area contributed by atoms with Gasteiger partial charge in [-0.3, -0.25) is 4.79 Å². The predicted octanol–water partition coefficient (Wildman–Crippen LogP) is 1.59. The summed E-state index contributed by atoms with van der Waals surface area (Å²) in [4.78, 5) is 17.6. The molecule has 2 N–H and O–H groups in total. The molecule has 15 heavy (non-hydrogen) atoms. The van der Waals surface area contributed by atoms with Gasteiger partial charge in [-0.2, -0.15) is 11.8 Å². The number of aromatic nitrogens is 2. The first kappa shape index (κ1) is 10.8. The maximum atomic E-state index is 11.2. The number of halogens is 1. The predicted molar refractivity (Wildman–Crippen MR) is 63.8 cm³/mol. The Bertz CT molecular complexity index is 389. The number of anilines is 1. The molecule has 1 aliphatic rings. The molecule has 2 heterocycles. The van der Waals surface area contributed by atoms with Crippen molar-refractivity contribution >= 4 is 29.2 Å². The van der Waals surface area contributed by atoms with Gasteiger partial charge in [-0.05, 0) is 23.8 Å². The summed E-state index contributed by atoms with van der Waals surface area (Å²) < 4.78 is 0. The van der Waals surface area contributed by atoms with Crippen LogP contribution >= 0.6 is 23.4 Å². The Kier molecular flexibility index (Phi) is 3.53. The minimum Gasteiger partial charge on any atom is -0.368 e. The highest BCUT2D eigenvalue weighted by molar-refractivity contribution is 7.99. The highest BCUT2D eigenvalue weighted by Crippen LogP contribution is 2.24. The second kappa shape index (κ2) is 4.90. The Balaban J connectivity index is 1.98. The van der Waals surface area contributed by atoms with Crippen LogP contribution in [0.2, 0.25) is 5.02 Å². The molecule has 1 unspecified atom stereocenters. The van der Waals surface area contributed by atoms with Crippen molar-refractivity contribution in [2.24, 2.45) is 5.92 Å². The highest BCUT2D eigenvalue weighted by Gasteiger charge is 2.16. The summed E-state index contributed by atoms with van der Waals surface area (Å²) in [6.45, 7) is 0.836. The Hall–Kier alpha value is -0.680. The van der Waals surface area contributed by atoms with Gasteiger partial charge in [0.25, 0.3) is 5.56 Å². The summed E-state index contributed by atoms with van der Waals surface area (Å²) in [5.41, 5.74) is -0.296. The molecule has 4 nitrogen and oxygen atoms in total. The molecule has 1 aliphatic heterocycles. The van der Waals surface area contributed by atoms with Crippen LogP contribution in [0.5, 0.6) is 0 Å². The highest BCUT2D eigenvalue weighted by atomic mass is 35.5. The molecule has 1 fully saturated rings. The Morgan fingerprint density at radius 1 is 1.73 bits per heavy atom. The fourth-order valence-electron chi connectivity index (χ4n) is 1.49. The fraction of sp³-hybridized carbons (Fsp3) is 0.556. The van der Waals surface area contributed by atoms with Gasteiger partial charge in [0.2, 0.25) is 0 Å². The summed E-state index contributed by atoms with van der Waals surface area (Å²) in [5, 5.41) is 3.26. The molecule has 82 valence electrons. The first-order valence-electron chi connectivity index (χ1n) is 4.82. The molecule has 0 amide bonds. The fourth-order valence-corrected chi connectivity index (χ4v) is 2.95. The smallest absolute Gasteiger partial charge is 0.271 e. The minimum atomic E-state index is -0.296. The van der Waals surface area contributed by atoms with Crippen LogP contribution in [0.1, 0.15) is 6.42 Å². The van der Waals surface area contributed by atoms with Crippen LogP contribution in [0.3, 0.4) is 0 Å². The van der Waals surface area contributed by atoms with Crippen molar-refractivity contribution in [1.82, 2.24) is 9.97 Å². The molecule has 0 aromatic carbocycles. The van der Waals surface area contributed by atoms with Gasteiger partial charge in [-0.25, -0.2) is 4.98 Å². The maximum Gasteiger partial charge on any atom is 0.271 e. The van der Waals surface area contributed by atoms with Gasteiger partial charge >= 0.3 is 0 Å². The average molecular weight is 246 g/mol.